The van der Waals surface area contributed by atoms with E-state index in [1.54, 1.807) is 19.1 Å². The second kappa shape index (κ2) is 11.3. The third-order valence-electron chi connectivity index (χ3n) is 5.78. The van der Waals surface area contributed by atoms with Crippen LogP contribution in [0.4, 0.5) is 4.39 Å². The minimum absolute atomic E-state index is 0.0671. The number of carboxylic acid groups (broad SMARTS) is 1. The van der Waals surface area contributed by atoms with Crippen LogP contribution < -0.4 is 9.46 Å². The predicted molar refractivity (Wildman–Crippen MR) is 138 cm³/mol. The zero-order valence-corrected chi connectivity index (χ0v) is 20.8. The third-order valence-corrected chi connectivity index (χ3v) is 7.27. The molecule has 0 unspecified atom stereocenters. The van der Waals surface area contributed by atoms with Gasteiger partial charge in [-0.05, 0) is 60.5 Å². The van der Waals surface area contributed by atoms with Crippen LogP contribution >= 0.6 is 0 Å². The number of benzene rings is 3. The summed E-state index contributed by atoms with van der Waals surface area (Å²) in [6.45, 7) is 2.31. The summed E-state index contributed by atoms with van der Waals surface area (Å²) in [4.78, 5) is 12.0. The van der Waals surface area contributed by atoms with E-state index in [0.717, 1.165) is 16.5 Å². The molecule has 0 saturated carbocycles. The van der Waals surface area contributed by atoms with Crippen LogP contribution in [-0.2, 0) is 27.8 Å². The Bertz CT molecular complexity index is 1570. The molecule has 9 heteroatoms. The number of carbonyl (C=O) groups is 1. The Morgan fingerprint density at radius 3 is 2.46 bits per heavy atom. The van der Waals surface area contributed by atoms with E-state index in [1.807, 2.05) is 35.0 Å². The first-order chi connectivity index (χ1) is 17.8. The highest BCUT2D eigenvalue weighted by Gasteiger charge is 2.27. The van der Waals surface area contributed by atoms with Crippen LogP contribution in [0.15, 0.2) is 83.9 Å². The second-order valence-electron chi connectivity index (χ2n) is 8.33. The van der Waals surface area contributed by atoms with Crippen LogP contribution in [0.1, 0.15) is 18.1 Å². The van der Waals surface area contributed by atoms with Crippen molar-refractivity contribution in [1.29, 1.82) is 0 Å². The standard InChI is InChI=1S/C28H25FN2O5S/c1-2-3-16-36-23-12-14-24(15-13-23)37(34,35)30-26(28(32)33)17-21-19-31(27-7-5-4-6-25(21)27)18-20-8-10-22(29)11-9-20/h4-15,19,26,30H,16-18H2,1H3,(H,32,33)/t26-/m1/s1. The van der Waals surface area contributed by atoms with Gasteiger partial charge in [-0.15, -0.1) is 5.92 Å². The van der Waals surface area contributed by atoms with E-state index in [-0.39, 0.29) is 23.7 Å². The summed E-state index contributed by atoms with van der Waals surface area (Å²) < 4.78 is 48.9. The Labute approximate surface area is 214 Å². The van der Waals surface area contributed by atoms with Gasteiger partial charge in [-0.25, -0.2) is 12.8 Å². The molecule has 0 spiro atoms. The van der Waals surface area contributed by atoms with Crippen LogP contribution in [0.3, 0.4) is 0 Å². The molecule has 0 aliphatic heterocycles. The Morgan fingerprint density at radius 2 is 1.78 bits per heavy atom. The van der Waals surface area contributed by atoms with Crippen LogP contribution in [-0.4, -0.2) is 36.7 Å². The summed E-state index contributed by atoms with van der Waals surface area (Å²) in [7, 11) is -4.12. The maximum Gasteiger partial charge on any atom is 0.322 e. The Balaban J connectivity index is 1.56. The first-order valence-electron chi connectivity index (χ1n) is 11.5. The maximum atomic E-state index is 13.3. The average molecular weight is 521 g/mol. The van der Waals surface area contributed by atoms with Gasteiger partial charge >= 0.3 is 5.97 Å². The average Bonchev–Trinajstić information content (AvgIpc) is 3.22. The lowest BCUT2D eigenvalue weighted by molar-refractivity contribution is -0.138. The molecule has 2 N–H and O–H groups in total. The molecule has 0 aliphatic carbocycles. The van der Waals surface area contributed by atoms with Crippen LogP contribution in [0.2, 0.25) is 0 Å². The molecule has 0 fully saturated rings. The van der Waals surface area contributed by atoms with Crippen molar-refractivity contribution in [3.63, 3.8) is 0 Å². The number of nitrogens with one attached hydrogen (secondary N) is 1. The van der Waals surface area contributed by atoms with Crippen molar-refractivity contribution >= 4 is 26.9 Å². The lowest BCUT2D eigenvalue weighted by atomic mass is 10.1. The van der Waals surface area contributed by atoms with Gasteiger partial charge in [-0.1, -0.05) is 36.3 Å². The van der Waals surface area contributed by atoms with Gasteiger partial charge < -0.3 is 14.4 Å². The second-order valence-corrected chi connectivity index (χ2v) is 10.0. The number of hydrogen-bond acceptors (Lipinski definition) is 4. The van der Waals surface area contributed by atoms with E-state index in [2.05, 4.69) is 16.6 Å². The van der Waals surface area contributed by atoms with Crippen molar-refractivity contribution in [2.45, 2.75) is 30.8 Å². The highest BCUT2D eigenvalue weighted by atomic mass is 32.2. The predicted octanol–water partition coefficient (Wildman–Crippen LogP) is 4.21. The van der Waals surface area contributed by atoms with Gasteiger partial charge in [0, 0.05) is 30.1 Å². The van der Waals surface area contributed by atoms with Crippen LogP contribution in [0, 0.1) is 17.7 Å². The molecule has 0 amide bonds. The molecular weight excluding hydrogens is 495 g/mol. The molecule has 0 saturated heterocycles. The molecule has 0 aliphatic rings. The molecule has 190 valence electrons. The molecule has 1 atom stereocenters. The molecule has 1 aromatic heterocycles. The fourth-order valence-electron chi connectivity index (χ4n) is 3.96. The van der Waals surface area contributed by atoms with Gasteiger partial charge in [-0.3, -0.25) is 4.79 Å². The lowest BCUT2D eigenvalue weighted by Crippen LogP contribution is -2.42. The topological polar surface area (TPSA) is 97.6 Å². The van der Waals surface area contributed by atoms with E-state index in [0.29, 0.717) is 17.9 Å². The number of rotatable bonds is 10. The number of hydrogen-bond donors (Lipinski definition) is 2. The lowest BCUT2D eigenvalue weighted by Gasteiger charge is -2.15. The zero-order valence-electron chi connectivity index (χ0n) is 20.0. The molecule has 1 heterocycles. The van der Waals surface area contributed by atoms with Gasteiger partial charge in [-0.2, -0.15) is 4.72 Å². The van der Waals surface area contributed by atoms with Gasteiger partial charge in [0.05, 0.1) is 4.90 Å². The number of fused-ring (bicyclic) bond motifs is 1. The third kappa shape index (κ3) is 6.36. The molecule has 37 heavy (non-hydrogen) atoms. The Morgan fingerprint density at radius 1 is 1.08 bits per heavy atom. The first kappa shape index (κ1) is 25.9. The van der Waals surface area contributed by atoms with Crippen molar-refractivity contribution < 1.29 is 27.4 Å². The number of aliphatic carboxylic acids is 1. The first-order valence-corrected chi connectivity index (χ1v) is 12.9. The fourth-order valence-corrected chi connectivity index (χ4v) is 5.15. The number of aromatic nitrogens is 1. The maximum absolute atomic E-state index is 13.3. The summed E-state index contributed by atoms with van der Waals surface area (Å²) >= 11 is 0. The Kier molecular flexibility index (Phi) is 7.92. The van der Waals surface area contributed by atoms with Crippen molar-refractivity contribution in [1.82, 2.24) is 9.29 Å². The van der Waals surface area contributed by atoms with E-state index < -0.39 is 22.0 Å². The summed E-state index contributed by atoms with van der Waals surface area (Å²) in [5.41, 5.74) is 2.41. The van der Waals surface area contributed by atoms with Crippen molar-refractivity contribution in [3.8, 4) is 17.6 Å². The van der Waals surface area contributed by atoms with E-state index in [9.17, 15) is 22.7 Å². The van der Waals surface area contributed by atoms with Gasteiger partial charge in [0.2, 0.25) is 10.0 Å². The van der Waals surface area contributed by atoms with Crippen LogP contribution in [0.25, 0.3) is 10.9 Å². The number of sulfonamides is 1. The minimum atomic E-state index is -4.12. The fraction of sp³-hybridized carbons (Fsp3) is 0.179. The molecule has 0 bridgehead atoms. The van der Waals surface area contributed by atoms with Gasteiger partial charge in [0.25, 0.3) is 0 Å². The normalized spacial score (nSPS) is 12.1. The zero-order chi connectivity index (χ0) is 26.4. The van der Waals surface area contributed by atoms with E-state index >= 15 is 0 Å². The van der Waals surface area contributed by atoms with Crippen LogP contribution in [0.5, 0.6) is 5.75 Å². The van der Waals surface area contributed by atoms with E-state index in [4.69, 9.17) is 4.74 Å². The number of ether oxygens (including phenoxy) is 1. The molecular formula is C28H25FN2O5S. The summed E-state index contributed by atoms with van der Waals surface area (Å²) in [5, 5.41) is 10.7. The number of halogens is 1. The number of carboxylic acids is 1. The highest BCUT2D eigenvalue weighted by molar-refractivity contribution is 7.89. The van der Waals surface area contributed by atoms with Crippen molar-refractivity contribution in [2.75, 3.05) is 6.61 Å². The minimum Gasteiger partial charge on any atom is -0.481 e. The Hall–Kier alpha value is -4.13. The molecule has 4 aromatic rings. The smallest absolute Gasteiger partial charge is 0.322 e. The monoisotopic (exact) mass is 520 g/mol. The van der Waals surface area contributed by atoms with E-state index in [1.165, 1.54) is 36.4 Å². The number of para-hydroxylation sites is 1. The largest absolute Gasteiger partial charge is 0.481 e. The number of nitrogens with zero attached hydrogens (tertiary/aromatic N) is 1. The quantitative estimate of drug-likeness (QED) is 0.306. The van der Waals surface area contributed by atoms with Crippen molar-refractivity contribution in [2.24, 2.45) is 0 Å². The highest BCUT2D eigenvalue weighted by Crippen LogP contribution is 2.25. The molecule has 3 aromatic carbocycles. The van der Waals surface area contributed by atoms with Crippen molar-refractivity contribution in [3.05, 3.63) is 95.9 Å². The summed E-state index contributed by atoms with van der Waals surface area (Å²) in [6.07, 6.45) is 1.74. The van der Waals surface area contributed by atoms with Gasteiger partial charge in [0.15, 0.2) is 0 Å². The van der Waals surface area contributed by atoms with Gasteiger partial charge in [0.1, 0.15) is 24.2 Å². The molecule has 4 rings (SSSR count). The SMILES string of the molecule is CC#CCOc1ccc(S(=O)(=O)N[C@H](Cc2cn(Cc3ccc(F)cc3)c3ccccc23)C(=O)O)cc1. The molecule has 0 radical (unpaired) electrons. The summed E-state index contributed by atoms with van der Waals surface area (Å²) in [5.74, 6) is 4.28. The molecule has 7 nitrogen and oxygen atoms in total. The summed E-state index contributed by atoms with van der Waals surface area (Å²) in [6, 6.07) is 17.9.